The van der Waals surface area contributed by atoms with E-state index in [0.29, 0.717) is 11.4 Å². The lowest BCUT2D eigenvalue weighted by Gasteiger charge is -2.16. The van der Waals surface area contributed by atoms with Crippen molar-refractivity contribution in [1.29, 1.82) is 0 Å². The predicted molar refractivity (Wildman–Crippen MR) is 109 cm³/mol. The molecule has 0 spiro atoms. The van der Waals surface area contributed by atoms with Gasteiger partial charge in [0, 0.05) is 14.1 Å². The Morgan fingerprint density at radius 2 is 1.79 bits per heavy atom. The number of ether oxygens (including phenoxy) is 2. The molecule has 2 aromatic carbocycles. The zero-order valence-corrected chi connectivity index (χ0v) is 17.9. The first-order valence-corrected chi connectivity index (χ1v) is 10.3. The van der Waals surface area contributed by atoms with Gasteiger partial charge in [-0.1, -0.05) is 23.7 Å². The first kappa shape index (κ1) is 22.7. The second-order valence-corrected chi connectivity index (χ2v) is 8.73. The fourth-order valence-corrected chi connectivity index (χ4v) is 3.42. The molecule has 0 aliphatic heterocycles. The summed E-state index contributed by atoms with van der Waals surface area (Å²) in [5.41, 5.74) is 0.256. The normalized spacial score (nSPS) is 12.3. The fraction of sp³-hybridized carbons (Fsp3) is 0.263. The Morgan fingerprint density at radius 3 is 2.41 bits per heavy atom. The van der Waals surface area contributed by atoms with Gasteiger partial charge in [-0.15, -0.1) is 0 Å². The number of anilines is 1. The smallest absolute Gasteiger partial charge is 0.340 e. The number of hydrogen-bond acceptors (Lipinski definition) is 6. The first-order valence-electron chi connectivity index (χ1n) is 8.45. The summed E-state index contributed by atoms with van der Waals surface area (Å²) in [5, 5.41) is 2.61. The number of carbonyl (C=O) groups is 2. The second kappa shape index (κ2) is 9.25. The van der Waals surface area contributed by atoms with Crippen LogP contribution >= 0.6 is 11.6 Å². The summed E-state index contributed by atoms with van der Waals surface area (Å²) < 4.78 is 35.9. The van der Waals surface area contributed by atoms with Gasteiger partial charge in [-0.3, -0.25) is 4.79 Å². The van der Waals surface area contributed by atoms with E-state index in [9.17, 15) is 18.0 Å². The Kier molecular flexibility index (Phi) is 7.23. The monoisotopic (exact) mass is 440 g/mol. The number of methoxy groups -OCH3 is 1. The molecule has 0 bridgehead atoms. The lowest BCUT2D eigenvalue weighted by atomic mass is 10.2. The van der Waals surface area contributed by atoms with Crippen LogP contribution in [0.1, 0.15) is 17.3 Å². The third kappa shape index (κ3) is 5.26. The maximum atomic E-state index is 12.5. The van der Waals surface area contributed by atoms with E-state index in [2.05, 4.69) is 5.32 Å². The average Bonchev–Trinajstić information content (AvgIpc) is 2.68. The Balaban J connectivity index is 2.18. The lowest BCUT2D eigenvalue weighted by Crippen LogP contribution is -2.30. The van der Waals surface area contributed by atoms with Crippen LogP contribution in [0.5, 0.6) is 5.75 Å². The minimum absolute atomic E-state index is 0.00467. The Labute approximate surface area is 174 Å². The van der Waals surface area contributed by atoms with E-state index in [1.807, 2.05) is 0 Å². The van der Waals surface area contributed by atoms with E-state index < -0.39 is 28.0 Å². The minimum atomic E-state index is -3.77. The molecule has 1 amide bonds. The quantitative estimate of drug-likeness (QED) is 0.664. The van der Waals surface area contributed by atoms with E-state index >= 15 is 0 Å². The van der Waals surface area contributed by atoms with Crippen LogP contribution in [0.4, 0.5) is 5.69 Å². The Bertz CT molecular complexity index is 1020. The zero-order valence-electron chi connectivity index (χ0n) is 16.3. The van der Waals surface area contributed by atoms with Crippen molar-refractivity contribution in [3.05, 3.63) is 53.1 Å². The summed E-state index contributed by atoms with van der Waals surface area (Å²) in [5.74, 6) is -1.06. The maximum absolute atomic E-state index is 12.5. The Hall–Kier alpha value is -2.62. The molecular formula is C19H21ClN2O6S. The van der Waals surface area contributed by atoms with Gasteiger partial charge in [0.15, 0.2) is 6.10 Å². The molecule has 0 fully saturated rings. The molecule has 0 radical (unpaired) electrons. The molecular weight excluding hydrogens is 420 g/mol. The van der Waals surface area contributed by atoms with Crippen molar-refractivity contribution in [2.24, 2.45) is 0 Å². The minimum Gasteiger partial charge on any atom is -0.495 e. The van der Waals surface area contributed by atoms with E-state index in [1.54, 1.807) is 24.3 Å². The van der Waals surface area contributed by atoms with Crippen molar-refractivity contribution < 1.29 is 27.5 Å². The number of carbonyl (C=O) groups excluding carboxylic acids is 2. The lowest BCUT2D eigenvalue weighted by molar-refractivity contribution is -0.123. The number of esters is 1. The first-order chi connectivity index (χ1) is 13.6. The third-order valence-electron chi connectivity index (χ3n) is 3.95. The molecule has 0 unspecified atom stereocenters. The van der Waals surface area contributed by atoms with Gasteiger partial charge in [0.2, 0.25) is 10.0 Å². The molecule has 1 atom stereocenters. The average molecular weight is 441 g/mol. The third-order valence-corrected chi connectivity index (χ3v) is 6.09. The summed E-state index contributed by atoms with van der Waals surface area (Å²) in [6.45, 7) is 1.39. The van der Waals surface area contributed by atoms with Gasteiger partial charge in [0.1, 0.15) is 5.75 Å². The van der Waals surface area contributed by atoms with Crippen molar-refractivity contribution >= 4 is 39.2 Å². The molecule has 0 heterocycles. The molecule has 10 heteroatoms. The summed E-state index contributed by atoms with van der Waals surface area (Å²) in [6.07, 6.45) is -1.17. The predicted octanol–water partition coefficient (Wildman–Crippen LogP) is 2.78. The largest absolute Gasteiger partial charge is 0.495 e. The van der Waals surface area contributed by atoms with Crippen molar-refractivity contribution in [1.82, 2.24) is 4.31 Å². The highest BCUT2D eigenvalue weighted by molar-refractivity contribution is 7.89. The molecule has 29 heavy (non-hydrogen) atoms. The molecule has 0 aliphatic carbocycles. The van der Waals surface area contributed by atoms with Gasteiger partial charge in [0.05, 0.1) is 28.3 Å². The van der Waals surface area contributed by atoms with Crippen molar-refractivity contribution in [3.63, 3.8) is 0 Å². The van der Waals surface area contributed by atoms with Gasteiger partial charge >= 0.3 is 5.97 Å². The summed E-state index contributed by atoms with van der Waals surface area (Å²) >= 11 is 6.03. The number of benzene rings is 2. The number of hydrogen-bond donors (Lipinski definition) is 1. The van der Waals surface area contributed by atoms with Crippen LogP contribution in [0.2, 0.25) is 5.02 Å². The van der Waals surface area contributed by atoms with Crippen LogP contribution in [0, 0.1) is 0 Å². The van der Waals surface area contributed by atoms with Crippen LogP contribution in [0.15, 0.2) is 47.4 Å². The molecule has 0 aromatic heterocycles. The molecule has 156 valence electrons. The van der Waals surface area contributed by atoms with Crippen LogP contribution in [0.25, 0.3) is 0 Å². The molecule has 0 saturated heterocycles. The van der Waals surface area contributed by atoms with Crippen LogP contribution in [-0.2, 0) is 19.6 Å². The number of nitrogens with zero attached hydrogens (tertiary/aromatic N) is 1. The topological polar surface area (TPSA) is 102 Å². The summed E-state index contributed by atoms with van der Waals surface area (Å²) in [6, 6.07) is 10.5. The molecule has 2 aromatic rings. The van der Waals surface area contributed by atoms with Gasteiger partial charge in [-0.2, -0.15) is 0 Å². The van der Waals surface area contributed by atoms with Crippen molar-refractivity contribution in [2.45, 2.75) is 17.9 Å². The van der Waals surface area contributed by atoms with E-state index in [4.69, 9.17) is 21.1 Å². The van der Waals surface area contributed by atoms with Gasteiger partial charge in [0.25, 0.3) is 5.91 Å². The van der Waals surface area contributed by atoms with Crippen LogP contribution in [-0.4, -0.2) is 51.9 Å². The molecule has 1 N–H and O–H groups in total. The van der Waals surface area contributed by atoms with Crippen LogP contribution in [0.3, 0.4) is 0 Å². The zero-order chi connectivity index (χ0) is 21.8. The summed E-state index contributed by atoms with van der Waals surface area (Å²) in [7, 11) is 0.429. The number of rotatable bonds is 7. The second-order valence-electron chi connectivity index (χ2n) is 6.17. The molecule has 8 nitrogen and oxygen atoms in total. The standard InChI is InChI=1S/C19H21ClN2O6S/c1-12(18(23)21-16-7-5-6-8-17(16)27-4)28-19(24)14-11-13(9-10-15(14)20)29(25,26)22(2)3/h5-12H,1-4H3,(H,21,23)/t12-/m0/s1. The number of para-hydroxylation sites is 2. The number of halogens is 1. The SMILES string of the molecule is COc1ccccc1NC(=O)[C@H](C)OC(=O)c1cc(S(=O)(=O)N(C)C)ccc1Cl. The highest BCUT2D eigenvalue weighted by Crippen LogP contribution is 2.25. The highest BCUT2D eigenvalue weighted by Gasteiger charge is 2.24. The van der Waals surface area contributed by atoms with Crippen LogP contribution < -0.4 is 10.1 Å². The molecule has 0 aliphatic rings. The van der Waals surface area contributed by atoms with Gasteiger partial charge in [-0.05, 0) is 37.3 Å². The van der Waals surface area contributed by atoms with E-state index in [1.165, 1.54) is 40.3 Å². The molecule has 0 saturated carbocycles. The van der Waals surface area contributed by atoms with Crippen molar-refractivity contribution in [3.8, 4) is 5.75 Å². The highest BCUT2D eigenvalue weighted by atomic mass is 35.5. The number of nitrogens with one attached hydrogen (secondary N) is 1. The molecule has 2 rings (SSSR count). The Morgan fingerprint density at radius 1 is 1.14 bits per heavy atom. The van der Waals surface area contributed by atoms with E-state index in [0.717, 1.165) is 10.4 Å². The van der Waals surface area contributed by atoms with E-state index in [-0.39, 0.29) is 15.5 Å². The number of amides is 1. The van der Waals surface area contributed by atoms with Gasteiger partial charge in [-0.25, -0.2) is 17.5 Å². The fourth-order valence-electron chi connectivity index (χ4n) is 2.29. The van der Waals surface area contributed by atoms with Gasteiger partial charge < -0.3 is 14.8 Å². The number of sulfonamides is 1. The summed E-state index contributed by atoms with van der Waals surface area (Å²) in [4.78, 5) is 24.7. The maximum Gasteiger partial charge on any atom is 0.340 e. The van der Waals surface area contributed by atoms with Crippen molar-refractivity contribution in [2.75, 3.05) is 26.5 Å².